The van der Waals surface area contributed by atoms with Crippen molar-refractivity contribution in [2.75, 3.05) is 0 Å². The molecular formula is C16H22N2O2. The lowest BCUT2D eigenvalue weighted by atomic mass is 10.1. The number of ether oxygens (including phenoxy) is 1. The molecule has 4 nitrogen and oxygen atoms in total. The Kier molecular flexibility index (Phi) is 4.45. The van der Waals surface area contributed by atoms with Gasteiger partial charge in [0.1, 0.15) is 12.4 Å². The van der Waals surface area contributed by atoms with Gasteiger partial charge in [0.15, 0.2) is 5.76 Å². The molecule has 0 aliphatic heterocycles. The van der Waals surface area contributed by atoms with Crippen molar-refractivity contribution < 1.29 is 9.26 Å². The van der Waals surface area contributed by atoms with Crippen molar-refractivity contribution in [2.45, 2.75) is 46.4 Å². The number of hydrogen-bond donors (Lipinski definition) is 1. The molecule has 0 saturated carbocycles. The second-order valence-corrected chi connectivity index (χ2v) is 5.97. The number of hydrogen-bond acceptors (Lipinski definition) is 4. The number of benzene rings is 1. The van der Waals surface area contributed by atoms with Gasteiger partial charge in [-0.15, -0.1) is 0 Å². The van der Waals surface area contributed by atoms with E-state index in [0.717, 1.165) is 23.7 Å². The maximum atomic E-state index is 5.72. The summed E-state index contributed by atoms with van der Waals surface area (Å²) in [4.78, 5) is 0. The molecular weight excluding hydrogens is 252 g/mol. The summed E-state index contributed by atoms with van der Waals surface area (Å²) in [5.74, 6) is 1.58. The molecule has 0 bridgehead atoms. The number of nitrogens with one attached hydrogen (secondary N) is 1. The molecule has 1 aromatic carbocycles. The van der Waals surface area contributed by atoms with E-state index in [1.165, 1.54) is 5.56 Å². The van der Waals surface area contributed by atoms with Crippen molar-refractivity contribution in [3.8, 4) is 5.75 Å². The van der Waals surface area contributed by atoms with Gasteiger partial charge in [-0.3, -0.25) is 0 Å². The first-order valence-corrected chi connectivity index (χ1v) is 6.81. The minimum absolute atomic E-state index is 0.105. The zero-order valence-electron chi connectivity index (χ0n) is 12.6. The molecule has 20 heavy (non-hydrogen) atoms. The largest absolute Gasteiger partial charge is 0.486 e. The first kappa shape index (κ1) is 14.6. The molecule has 1 N–H and O–H groups in total. The molecule has 108 valence electrons. The van der Waals surface area contributed by atoms with Crippen LogP contribution in [0.2, 0.25) is 0 Å². The summed E-state index contributed by atoms with van der Waals surface area (Å²) in [5, 5.41) is 7.30. The van der Waals surface area contributed by atoms with Crippen LogP contribution in [0.3, 0.4) is 0 Å². The fourth-order valence-corrected chi connectivity index (χ4v) is 1.75. The molecule has 0 atom stereocenters. The quantitative estimate of drug-likeness (QED) is 0.907. The molecule has 1 heterocycles. The smallest absolute Gasteiger partial charge is 0.174 e. The van der Waals surface area contributed by atoms with Gasteiger partial charge < -0.3 is 14.6 Å². The van der Waals surface area contributed by atoms with E-state index in [1.54, 1.807) is 0 Å². The monoisotopic (exact) mass is 274 g/mol. The fraction of sp³-hybridized carbons (Fsp3) is 0.438. The maximum Gasteiger partial charge on any atom is 0.174 e. The van der Waals surface area contributed by atoms with E-state index in [9.17, 15) is 0 Å². The molecule has 0 unspecified atom stereocenters. The van der Waals surface area contributed by atoms with Gasteiger partial charge in [-0.05, 0) is 45.4 Å². The van der Waals surface area contributed by atoms with Crippen molar-refractivity contribution in [1.82, 2.24) is 10.5 Å². The van der Waals surface area contributed by atoms with Gasteiger partial charge in [0.05, 0.1) is 5.69 Å². The van der Waals surface area contributed by atoms with Crippen molar-refractivity contribution in [1.29, 1.82) is 0 Å². The zero-order chi connectivity index (χ0) is 14.6. The highest BCUT2D eigenvalue weighted by Gasteiger charge is 2.08. The maximum absolute atomic E-state index is 5.72. The van der Waals surface area contributed by atoms with Crippen LogP contribution in [0, 0.1) is 6.92 Å². The Morgan fingerprint density at radius 2 is 2.05 bits per heavy atom. The van der Waals surface area contributed by atoms with E-state index in [2.05, 4.69) is 37.3 Å². The van der Waals surface area contributed by atoms with Crippen molar-refractivity contribution in [3.05, 3.63) is 47.3 Å². The zero-order valence-corrected chi connectivity index (χ0v) is 12.6. The van der Waals surface area contributed by atoms with Crippen LogP contribution in [0.4, 0.5) is 0 Å². The Labute approximate surface area is 120 Å². The number of aryl methyl sites for hydroxylation is 1. The van der Waals surface area contributed by atoms with Crippen molar-refractivity contribution in [3.63, 3.8) is 0 Å². The van der Waals surface area contributed by atoms with Crippen LogP contribution in [0.25, 0.3) is 0 Å². The fourth-order valence-electron chi connectivity index (χ4n) is 1.75. The third-order valence-corrected chi connectivity index (χ3v) is 2.78. The van der Waals surface area contributed by atoms with Gasteiger partial charge in [0, 0.05) is 18.2 Å². The standard InChI is InChI=1S/C16H22N2O2/c1-12-8-15(20-18-12)11-19-14-7-5-6-13(9-14)10-17-16(2,3)4/h5-9,17H,10-11H2,1-4H3. The lowest BCUT2D eigenvalue weighted by Crippen LogP contribution is -2.35. The molecule has 0 radical (unpaired) electrons. The Hall–Kier alpha value is -1.81. The minimum Gasteiger partial charge on any atom is -0.486 e. The average molecular weight is 274 g/mol. The van der Waals surface area contributed by atoms with Crippen molar-refractivity contribution in [2.24, 2.45) is 0 Å². The van der Waals surface area contributed by atoms with Gasteiger partial charge >= 0.3 is 0 Å². The summed E-state index contributed by atoms with van der Waals surface area (Å²) in [5.41, 5.74) is 2.17. The van der Waals surface area contributed by atoms with E-state index < -0.39 is 0 Å². The highest BCUT2D eigenvalue weighted by atomic mass is 16.5. The molecule has 0 fully saturated rings. The number of aromatic nitrogens is 1. The third-order valence-electron chi connectivity index (χ3n) is 2.78. The Morgan fingerprint density at radius 3 is 2.70 bits per heavy atom. The predicted octanol–water partition coefficient (Wildman–Crippen LogP) is 3.45. The number of rotatable bonds is 5. The summed E-state index contributed by atoms with van der Waals surface area (Å²) in [6.45, 7) is 9.57. The summed E-state index contributed by atoms with van der Waals surface area (Å²) >= 11 is 0. The van der Waals surface area contributed by atoms with Gasteiger partial charge in [0.25, 0.3) is 0 Å². The Bertz CT molecular complexity index is 556. The molecule has 0 amide bonds. The van der Waals surface area contributed by atoms with Gasteiger partial charge in [-0.1, -0.05) is 17.3 Å². The second-order valence-electron chi connectivity index (χ2n) is 5.97. The lowest BCUT2D eigenvalue weighted by molar-refractivity contribution is 0.248. The van der Waals surface area contributed by atoms with Crippen LogP contribution in [0.15, 0.2) is 34.9 Å². The lowest BCUT2D eigenvalue weighted by Gasteiger charge is -2.20. The van der Waals surface area contributed by atoms with E-state index >= 15 is 0 Å². The summed E-state index contributed by atoms with van der Waals surface area (Å²) in [7, 11) is 0. The van der Waals surface area contributed by atoms with E-state index in [1.807, 2.05) is 31.2 Å². The van der Waals surface area contributed by atoms with Gasteiger partial charge in [-0.2, -0.15) is 0 Å². The topological polar surface area (TPSA) is 47.3 Å². The third kappa shape index (κ3) is 4.70. The summed E-state index contributed by atoms with van der Waals surface area (Å²) in [6.07, 6.45) is 0. The highest BCUT2D eigenvalue weighted by Crippen LogP contribution is 2.16. The normalized spacial score (nSPS) is 11.6. The predicted molar refractivity (Wildman–Crippen MR) is 78.6 cm³/mol. The molecule has 0 aliphatic carbocycles. The average Bonchev–Trinajstić information content (AvgIpc) is 2.80. The van der Waals surface area contributed by atoms with Crippen LogP contribution in [0.1, 0.15) is 37.8 Å². The Morgan fingerprint density at radius 1 is 1.25 bits per heavy atom. The first-order chi connectivity index (χ1) is 9.42. The van der Waals surface area contributed by atoms with Crippen LogP contribution in [-0.2, 0) is 13.2 Å². The van der Waals surface area contributed by atoms with Crippen LogP contribution in [-0.4, -0.2) is 10.7 Å². The van der Waals surface area contributed by atoms with Gasteiger partial charge in [-0.25, -0.2) is 0 Å². The molecule has 4 heteroatoms. The first-order valence-electron chi connectivity index (χ1n) is 6.81. The summed E-state index contributed by atoms with van der Waals surface area (Å²) in [6, 6.07) is 9.96. The molecule has 0 spiro atoms. The Balaban J connectivity index is 1.92. The molecule has 2 aromatic rings. The highest BCUT2D eigenvalue weighted by molar-refractivity contribution is 5.28. The molecule has 1 aromatic heterocycles. The van der Waals surface area contributed by atoms with Crippen LogP contribution in [0.5, 0.6) is 5.75 Å². The molecule has 0 aliphatic rings. The molecule has 0 saturated heterocycles. The minimum atomic E-state index is 0.105. The summed E-state index contributed by atoms with van der Waals surface area (Å²) < 4.78 is 10.8. The number of nitrogens with zero attached hydrogens (tertiary/aromatic N) is 1. The van der Waals surface area contributed by atoms with Crippen molar-refractivity contribution >= 4 is 0 Å². The van der Waals surface area contributed by atoms with Crippen LogP contribution >= 0.6 is 0 Å². The van der Waals surface area contributed by atoms with Gasteiger partial charge in [0.2, 0.25) is 0 Å². The van der Waals surface area contributed by atoms with Crippen LogP contribution < -0.4 is 10.1 Å². The van der Waals surface area contributed by atoms with E-state index in [4.69, 9.17) is 9.26 Å². The van der Waals surface area contributed by atoms with E-state index in [-0.39, 0.29) is 5.54 Å². The molecule has 2 rings (SSSR count). The SMILES string of the molecule is Cc1cc(COc2cccc(CNC(C)(C)C)c2)on1. The second kappa shape index (κ2) is 6.09. The van der Waals surface area contributed by atoms with E-state index in [0.29, 0.717) is 6.61 Å².